The lowest BCUT2D eigenvalue weighted by Crippen LogP contribution is -1.66. The zero-order valence-corrected chi connectivity index (χ0v) is 9.16. The Hall–Kier alpha value is -0.370. The van der Waals surface area contributed by atoms with Crippen LogP contribution in [0.5, 0.6) is 0 Å². The van der Waals surface area contributed by atoms with Crippen LogP contribution in [0.1, 0.15) is 45.2 Å². The molecule has 0 spiro atoms. The van der Waals surface area contributed by atoms with Gasteiger partial charge in [-0.05, 0) is 6.92 Å². The Morgan fingerprint density at radius 2 is 1.83 bits per heavy atom. The van der Waals surface area contributed by atoms with Crippen LogP contribution >= 0.6 is 11.3 Å². The van der Waals surface area contributed by atoms with Crippen LogP contribution in [0, 0.1) is 6.92 Å². The molecule has 0 aliphatic heterocycles. The fourth-order valence-corrected chi connectivity index (χ4v) is 1.32. The molecule has 0 unspecified atom stereocenters. The zero-order chi connectivity index (χ0) is 9.23. The standard InChI is InChI=1S/C6H14.C4H5NS/c1-3-5-6-4-2;1-4-2-6-3-5-4/h3-6H2,1-2H3;2-3H,1H3. The molecular weight excluding hydrogens is 166 g/mol. The summed E-state index contributed by atoms with van der Waals surface area (Å²) in [4.78, 5) is 3.94. The van der Waals surface area contributed by atoms with Gasteiger partial charge >= 0.3 is 0 Å². The molecular formula is C10H19NS. The van der Waals surface area contributed by atoms with Crippen LogP contribution in [0.25, 0.3) is 0 Å². The Bertz CT molecular complexity index is 154. The molecule has 0 aliphatic carbocycles. The molecule has 1 aromatic heterocycles. The van der Waals surface area contributed by atoms with Gasteiger partial charge in [0.1, 0.15) is 0 Å². The number of thiazole rings is 1. The van der Waals surface area contributed by atoms with Crippen molar-refractivity contribution in [3.63, 3.8) is 0 Å². The fraction of sp³-hybridized carbons (Fsp3) is 0.700. The van der Waals surface area contributed by atoms with Crippen molar-refractivity contribution in [2.24, 2.45) is 0 Å². The molecule has 0 bridgehead atoms. The van der Waals surface area contributed by atoms with E-state index in [0.29, 0.717) is 0 Å². The number of aromatic nitrogens is 1. The number of unbranched alkanes of at least 4 members (excludes halogenated alkanes) is 3. The maximum Gasteiger partial charge on any atom is 0.0794 e. The summed E-state index contributed by atoms with van der Waals surface area (Å²) < 4.78 is 0. The molecule has 1 aromatic rings. The highest BCUT2D eigenvalue weighted by atomic mass is 32.1. The van der Waals surface area contributed by atoms with Gasteiger partial charge < -0.3 is 0 Å². The fourth-order valence-electron chi connectivity index (χ4n) is 0.773. The molecule has 1 heterocycles. The summed E-state index contributed by atoms with van der Waals surface area (Å²) in [6, 6.07) is 0. The van der Waals surface area contributed by atoms with Gasteiger partial charge in [-0.2, -0.15) is 0 Å². The van der Waals surface area contributed by atoms with E-state index in [4.69, 9.17) is 0 Å². The first-order chi connectivity index (χ1) is 5.81. The van der Waals surface area contributed by atoms with E-state index in [1.54, 1.807) is 11.3 Å². The van der Waals surface area contributed by atoms with Crippen LogP contribution < -0.4 is 0 Å². The van der Waals surface area contributed by atoms with Crippen LogP contribution in [0.3, 0.4) is 0 Å². The van der Waals surface area contributed by atoms with Crippen molar-refractivity contribution in [1.82, 2.24) is 4.98 Å². The van der Waals surface area contributed by atoms with Crippen LogP contribution in [0.2, 0.25) is 0 Å². The van der Waals surface area contributed by atoms with E-state index in [-0.39, 0.29) is 0 Å². The Balaban J connectivity index is 0.000000202. The molecule has 70 valence electrons. The minimum atomic E-state index is 1.11. The van der Waals surface area contributed by atoms with Crippen molar-refractivity contribution in [2.45, 2.75) is 46.5 Å². The average molecular weight is 185 g/mol. The van der Waals surface area contributed by atoms with Crippen LogP contribution in [0.4, 0.5) is 0 Å². The molecule has 0 fully saturated rings. The van der Waals surface area contributed by atoms with Gasteiger partial charge in [-0.25, -0.2) is 0 Å². The number of rotatable bonds is 3. The Kier molecular flexibility index (Phi) is 8.46. The Morgan fingerprint density at radius 1 is 1.25 bits per heavy atom. The highest BCUT2D eigenvalue weighted by Crippen LogP contribution is 1.96. The average Bonchev–Trinajstić information content (AvgIpc) is 2.53. The first-order valence-corrected chi connectivity index (χ1v) is 5.60. The van der Waals surface area contributed by atoms with Crippen molar-refractivity contribution in [3.8, 4) is 0 Å². The molecule has 0 saturated heterocycles. The Labute approximate surface area is 79.9 Å². The SMILES string of the molecule is CCCCCC.Cc1cscn1. The zero-order valence-electron chi connectivity index (χ0n) is 8.34. The van der Waals surface area contributed by atoms with Crippen LogP contribution in [-0.4, -0.2) is 4.98 Å². The van der Waals surface area contributed by atoms with Gasteiger partial charge in [0.15, 0.2) is 0 Å². The Morgan fingerprint density at radius 3 is 2.00 bits per heavy atom. The molecule has 1 rings (SSSR count). The largest absolute Gasteiger partial charge is 0.250 e. The number of hydrogen-bond donors (Lipinski definition) is 0. The van der Waals surface area contributed by atoms with E-state index < -0.39 is 0 Å². The molecule has 12 heavy (non-hydrogen) atoms. The van der Waals surface area contributed by atoms with Crippen molar-refractivity contribution < 1.29 is 0 Å². The predicted molar refractivity (Wildman–Crippen MR) is 56.7 cm³/mol. The van der Waals surface area contributed by atoms with Gasteiger partial charge in [0, 0.05) is 11.1 Å². The van der Waals surface area contributed by atoms with Gasteiger partial charge in [-0.1, -0.05) is 39.5 Å². The third kappa shape index (κ3) is 7.73. The van der Waals surface area contributed by atoms with Crippen LogP contribution in [0.15, 0.2) is 10.9 Å². The van der Waals surface area contributed by atoms with Gasteiger partial charge in [0.25, 0.3) is 0 Å². The summed E-state index contributed by atoms with van der Waals surface area (Å²) in [5, 5.41) is 2.01. The lowest BCUT2D eigenvalue weighted by molar-refractivity contribution is 0.702. The molecule has 0 amide bonds. The maximum atomic E-state index is 3.94. The van der Waals surface area contributed by atoms with E-state index in [0.717, 1.165) is 5.69 Å². The molecule has 0 aromatic carbocycles. The highest BCUT2D eigenvalue weighted by molar-refractivity contribution is 7.07. The molecule has 2 heteroatoms. The second kappa shape index (κ2) is 8.72. The van der Waals surface area contributed by atoms with Gasteiger partial charge in [-0.3, -0.25) is 4.98 Å². The molecule has 0 atom stereocenters. The quantitative estimate of drug-likeness (QED) is 0.648. The molecule has 1 nitrogen and oxygen atoms in total. The summed E-state index contributed by atoms with van der Waals surface area (Å²) in [5.74, 6) is 0. The van der Waals surface area contributed by atoms with Gasteiger partial charge in [0.05, 0.1) is 5.51 Å². The number of aryl methyl sites for hydroxylation is 1. The van der Waals surface area contributed by atoms with Crippen molar-refractivity contribution in [3.05, 3.63) is 16.6 Å². The van der Waals surface area contributed by atoms with Crippen molar-refractivity contribution in [1.29, 1.82) is 0 Å². The lowest BCUT2D eigenvalue weighted by atomic mass is 10.2. The summed E-state index contributed by atoms with van der Waals surface area (Å²) in [7, 11) is 0. The lowest BCUT2D eigenvalue weighted by Gasteiger charge is -1.86. The summed E-state index contributed by atoms with van der Waals surface area (Å²) >= 11 is 1.63. The summed E-state index contributed by atoms with van der Waals surface area (Å²) in [6.45, 7) is 6.45. The maximum absolute atomic E-state index is 3.94. The van der Waals surface area contributed by atoms with E-state index in [9.17, 15) is 0 Å². The van der Waals surface area contributed by atoms with E-state index >= 15 is 0 Å². The minimum absolute atomic E-state index is 1.11. The molecule has 0 N–H and O–H groups in total. The van der Waals surface area contributed by atoms with Crippen molar-refractivity contribution in [2.75, 3.05) is 0 Å². The molecule has 0 saturated carbocycles. The van der Waals surface area contributed by atoms with Gasteiger partial charge in [-0.15, -0.1) is 11.3 Å². The van der Waals surface area contributed by atoms with E-state index in [1.807, 2.05) is 17.8 Å². The number of nitrogens with zero attached hydrogens (tertiary/aromatic N) is 1. The summed E-state index contributed by atoms with van der Waals surface area (Å²) in [6.07, 6.45) is 5.54. The normalized spacial score (nSPS) is 8.92. The van der Waals surface area contributed by atoms with E-state index in [1.165, 1.54) is 25.7 Å². The van der Waals surface area contributed by atoms with Crippen molar-refractivity contribution >= 4 is 11.3 Å². The van der Waals surface area contributed by atoms with Crippen LogP contribution in [-0.2, 0) is 0 Å². The first kappa shape index (κ1) is 11.6. The molecule has 0 aliphatic rings. The molecule has 0 radical (unpaired) electrons. The smallest absolute Gasteiger partial charge is 0.0794 e. The monoisotopic (exact) mass is 185 g/mol. The third-order valence-corrected chi connectivity index (χ3v) is 2.22. The second-order valence-corrected chi connectivity index (χ2v) is 3.56. The van der Waals surface area contributed by atoms with Gasteiger partial charge in [0.2, 0.25) is 0 Å². The topological polar surface area (TPSA) is 12.9 Å². The second-order valence-electron chi connectivity index (χ2n) is 2.84. The number of hydrogen-bond acceptors (Lipinski definition) is 2. The predicted octanol–water partition coefficient (Wildman–Crippen LogP) is 4.04. The highest BCUT2D eigenvalue weighted by Gasteiger charge is 1.76. The summed E-state index contributed by atoms with van der Waals surface area (Å²) in [5.41, 5.74) is 2.94. The first-order valence-electron chi connectivity index (χ1n) is 4.66. The third-order valence-electron chi connectivity index (χ3n) is 1.51. The minimum Gasteiger partial charge on any atom is -0.250 e. The van der Waals surface area contributed by atoms with E-state index in [2.05, 4.69) is 18.8 Å².